The molecule has 226 valence electrons. The maximum atomic E-state index is 13.1. The number of hydrogen-bond donors (Lipinski definition) is 9. The molecule has 0 aromatic carbocycles. The largest absolute Gasteiger partial charge is 0.481 e. The Morgan fingerprint density at radius 3 is 1.27 bits per heavy atom. The van der Waals surface area contributed by atoms with E-state index in [1.54, 1.807) is 13.8 Å². The normalized spacial score (nSPS) is 14.4. The average Bonchev–Trinajstić information content (AvgIpc) is 2.87. The summed E-state index contributed by atoms with van der Waals surface area (Å²) in [6.45, 7) is 2.71. The molecule has 0 aliphatic heterocycles. The van der Waals surface area contributed by atoms with Gasteiger partial charge >= 0.3 is 23.9 Å². The lowest BCUT2D eigenvalue weighted by Gasteiger charge is -2.26. The predicted octanol–water partition coefficient (Wildman–Crippen LogP) is -2.39. The van der Waals surface area contributed by atoms with Crippen LogP contribution in [-0.4, -0.2) is 98.6 Å². The van der Waals surface area contributed by atoms with Crippen LogP contribution in [0.25, 0.3) is 0 Å². The quantitative estimate of drug-likeness (QED) is 0.0733. The number of rotatable bonds is 20. The molecule has 0 bridgehead atoms. The first-order valence-corrected chi connectivity index (χ1v) is 12.4. The summed E-state index contributed by atoms with van der Waals surface area (Å²) in [6.07, 6.45) is -2.77. The molecule has 17 heteroatoms. The van der Waals surface area contributed by atoms with E-state index >= 15 is 0 Å². The Balaban J connectivity index is 5.96. The zero-order chi connectivity index (χ0) is 31.0. The highest BCUT2D eigenvalue weighted by Crippen LogP contribution is 2.10. The Labute approximate surface area is 229 Å². The van der Waals surface area contributed by atoms with Gasteiger partial charge in [0.05, 0.1) is 6.54 Å². The minimum atomic E-state index is -1.62. The maximum Gasteiger partial charge on any atom is 0.326 e. The Morgan fingerprint density at radius 2 is 0.975 bits per heavy atom. The van der Waals surface area contributed by atoms with Gasteiger partial charge in [-0.3, -0.25) is 33.6 Å². The molecule has 4 amide bonds. The van der Waals surface area contributed by atoms with Crippen LogP contribution in [0, 0.1) is 5.92 Å². The van der Waals surface area contributed by atoms with E-state index in [0.29, 0.717) is 6.42 Å². The molecule has 0 rings (SSSR count). The Hall–Kier alpha value is -4.28. The number of carbonyl (C=O) groups is 8. The third-order valence-electron chi connectivity index (χ3n) is 5.82. The second-order valence-electron chi connectivity index (χ2n) is 8.95. The Morgan fingerprint density at radius 1 is 0.625 bits per heavy atom. The second kappa shape index (κ2) is 18.1. The lowest BCUT2D eigenvalue weighted by molar-refractivity contribution is -0.144. The summed E-state index contributed by atoms with van der Waals surface area (Å²) < 4.78 is 0. The smallest absolute Gasteiger partial charge is 0.326 e. The van der Waals surface area contributed by atoms with Crippen LogP contribution in [0.4, 0.5) is 0 Å². The number of carboxylic acid groups (broad SMARTS) is 4. The van der Waals surface area contributed by atoms with Gasteiger partial charge in [-0.15, -0.1) is 0 Å². The number of nitrogens with two attached hydrogens (primary N) is 1. The van der Waals surface area contributed by atoms with E-state index in [1.807, 2.05) is 0 Å². The Kier molecular flexibility index (Phi) is 16.2. The highest BCUT2D eigenvalue weighted by Gasteiger charge is 2.33. The number of carbonyl (C=O) groups excluding carboxylic acids is 4. The summed E-state index contributed by atoms with van der Waals surface area (Å²) >= 11 is 0. The molecule has 17 nitrogen and oxygen atoms in total. The van der Waals surface area contributed by atoms with Crippen molar-refractivity contribution in [1.29, 1.82) is 0 Å². The van der Waals surface area contributed by atoms with Gasteiger partial charge in [-0.25, -0.2) is 4.79 Å². The van der Waals surface area contributed by atoms with E-state index in [-0.39, 0.29) is 0 Å². The fourth-order valence-corrected chi connectivity index (χ4v) is 3.34. The SMILES string of the molecule is CCC(C)C(NC(=O)C(CCC(=O)O)NC(=O)C(CCC(=O)O)NC(=O)C(CCC(=O)O)NC(=O)CN)C(=O)O. The number of nitrogens with one attached hydrogen (secondary N) is 4. The van der Waals surface area contributed by atoms with Crippen LogP contribution >= 0.6 is 0 Å². The molecule has 0 spiro atoms. The number of carboxylic acids is 4. The van der Waals surface area contributed by atoms with Crippen LogP contribution in [0.3, 0.4) is 0 Å². The van der Waals surface area contributed by atoms with E-state index < -0.39 is 123 Å². The van der Waals surface area contributed by atoms with Gasteiger partial charge in [0.25, 0.3) is 0 Å². The molecule has 0 aromatic rings. The zero-order valence-electron chi connectivity index (χ0n) is 22.2. The minimum absolute atomic E-state index is 0.371. The molecule has 0 radical (unpaired) electrons. The highest BCUT2D eigenvalue weighted by molar-refractivity contribution is 5.95. The van der Waals surface area contributed by atoms with Crippen molar-refractivity contribution >= 4 is 47.5 Å². The van der Waals surface area contributed by atoms with Gasteiger partial charge in [-0.2, -0.15) is 0 Å². The lowest BCUT2D eigenvalue weighted by atomic mass is 9.98. The standard InChI is InChI=1S/C23H37N5O12/c1-3-11(2)19(23(39)40)28-22(38)14(6-9-18(34)35)27-21(37)13(5-8-17(32)33)26-20(36)12(4-7-16(30)31)25-15(29)10-24/h11-14,19H,3-10,24H2,1-2H3,(H,25,29)(H,26,36)(H,27,37)(H,28,38)(H,30,31)(H,32,33)(H,34,35)(H,39,40). The van der Waals surface area contributed by atoms with Gasteiger partial charge in [0.15, 0.2) is 0 Å². The van der Waals surface area contributed by atoms with E-state index in [9.17, 15) is 43.5 Å². The molecule has 0 saturated carbocycles. The predicted molar refractivity (Wildman–Crippen MR) is 134 cm³/mol. The van der Waals surface area contributed by atoms with Gasteiger partial charge in [-0.05, 0) is 25.2 Å². The van der Waals surface area contributed by atoms with Gasteiger partial charge in [0.1, 0.15) is 24.2 Å². The zero-order valence-corrected chi connectivity index (χ0v) is 22.2. The van der Waals surface area contributed by atoms with Gasteiger partial charge in [0, 0.05) is 19.3 Å². The number of aliphatic carboxylic acids is 4. The van der Waals surface area contributed by atoms with Crippen LogP contribution in [0.15, 0.2) is 0 Å². The first-order valence-electron chi connectivity index (χ1n) is 12.4. The molecule has 5 atom stereocenters. The van der Waals surface area contributed by atoms with E-state index in [4.69, 9.17) is 21.1 Å². The summed E-state index contributed by atoms with van der Waals surface area (Å²) in [5.41, 5.74) is 5.21. The van der Waals surface area contributed by atoms with Crippen molar-refractivity contribution in [2.24, 2.45) is 11.7 Å². The molecule has 0 saturated heterocycles. The van der Waals surface area contributed by atoms with Gasteiger partial charge in [-0.1, -0.05) is 20.3 Å². The molecule has 0 aliphatic rings. The van der Waals surface area contributed by atoms with Crippen molar-refractivity contribution < 1.29 is 58.8 Å². The first kappa shape index (κ1) is 35.7. The van der Waals surface area contributed by atoms with Crippen LogP contribution in [-0.2, 0) is 38.4 Å². The lowest BCUT2D eigenvalue weighted by Crippen LogP contribution is -2.58. The van der Waals surface area contributed by atoms with E-state index in [1.165, 1.54) is 0 Å². The summed E-state index contributed by atoms with van der Waals surface area (Å²) in [7, 11) is 0. The number of amides is 4. The summed E-state index contributed by atoms with van der Waals surface area (Å²) in [4.78, 5) is 95.2. The van der Waals surface area contributed by atoms with Crippen molar-refractivity contribution in [3.8, 4) is 0 Å². The summed E-state index contributed by atoms with van der Waals surface area (Å²) in [5, 5.41) is 45.4. The third kappa shape index (κ3) is 14.0. The van der Waals surface area contributed by atoms with Crippen molar-refractivity contribution in [3.63, 3.8) is 0 Å². The van der Waals surface area contributed by atoms with Gasteiger partial charge in [0.2, 0.25) is 23.6 Å². The van der Waals surface area contributed by atoms with E-state index in [0.717, 1.165) is 0 Å². The molecular formula is C23H37N5O12. The van der Waals surface area contributed by atoms with E-state index in [2.05, 4.69) is 21.3 Å². The molecule has 0 aliphatic carbocycles. The van der Waals surface area contributed by atoms with Crippen molar-refractivity contribution in [2.75, 3.05) is 6.54 Å². The van der Waals surface area contributed by atoms with Crippen LogP contribution < -0.4 is 27.0 Å². The van der Waals surface area contributed by atoms with Crippen molar-refractivity contribution in [2.45, 2.75) is 83.0 Å². The van der Waals surface area contributed by atoms with Crippen molar-refractivity contribution in [1.82, 2.24) is 21.3 Å². The van der Waals surface area contributed by atoms with Gasteiger partial charge < -0.3 is 47.4 Å². The molecule has 5 unspecified atom stereocenters. The topological polar surface area (TPSA) is 292 Å². The summed E-state index contributed by atoms with van der Waals surface area (Å²) in [5.74, 6) is -9.79. The number of hydrogen-bond acceptors (Lipinski definition) is 9. The fraction of sp³-hybridized carbons (Fsp3) is 0.652. The van der Waals surface area contributed by atoms with Crippen LogP contribution in [0.1, 0.15) is 58.8 Å². The molecule has 0 aromatic heterocycles. The average molecular weight is 576 g/mol. The highest BCUT2D eigenvalue weighted by atomic mass is 16.4. The molecule has 10 N–H and O–H groups in total. The Bertz CT molecular complexity index is 957. The van der Waals surface area contributed by atoms with Crippen LogP contribution in [0.5, 0.6) is 0 Å². The summed E-state index contributed by atoms with van der Waals surface area (Å²) in [6, 6.07) is -6.00. The first-order chi connectivity index (χ1) is 18.6. The molecule has 40 heavy (non-hydrogen) atoms. The molecular weight excluding hydrogens is 538 g/mol. The fourth-order valence-electron chi connectivity index (χ4n) is 3.34. The third-order valence-corrected chi connectivity index (χ3v) is 5.82. The molecule has 0 heterocycles. The maximum absolute atomic E-state index is 13.1. The minimum Gasteiger partial charge on any atom is -0.481 e. The second-order valence-corrected chi connectivity index (χ2v) is 8.95. The van der Waals surface area contributed by atoms with Crippen molar-refractivity contribution in [3.05, 3.63) is 0 Å². The molecule has 0 fully saturated rings. The van der Waals surface area contributed by atoms with Crippen LogP contribution in [0.2, 0.25) is 0 Å². The monoisotopic (exact) mass is 575 g/mol.